The highest BCUT2D eigenvalue weighted by Gasteiger charge is 2.44. The first-order valence-corrected chi connectivity index (χ1v) is 25.6. The molecule has 12 aromatic rings. The van der Waals surface area contributed by atoms with E-state index in [0.29, 0.717) is 17.5 Å². The van der Waals surface area contributed by atoms with Crippen LogP contribution in [0, 0.1) is 34.6 Å². The maximum absolute atomic E-state index is 5.18. The van der Waals surface area contributed by atoms with Gasteiger partial charge in [0, 0.05) is 61.1 Å². The topological polar surface area (TPSA) is 46.8 Å². The average molecular weight is 948 g/mol. The maximum Gasteiger partial charge on any atom is 0.333 e. The summed E-state index contributed by atoms with van der Waals surface area (Å²) in [6.07, 6.45) is 0. The Morgan fingerprint density at radius 3 is 1.54 bits per heavy atom. The van der Waals surface area contributed by atoms with Crippen molar-refractivity contribution in [3.8, 4) is 78.7 Å². The summed E-state index contributed by atoms with van der Waals surface area (Å²) in [5.41, 5.74) is 27.5. The fourth-order valence-electron chi connectivity index (χ4n) is 12.5. The summed E-state index contributed by atoms with van der Waals surface area (Å²) in [5.74, 6) is 1.91. The zero-order valence-corrected chi connectivity index (χ0v) is 42.0. The van der Waals surface area contributed by atoms with Crippen molar-refractivity contribution in [3.63, 3.8) is 0 Å². The fourth-order valence-corrected chi connectivity index (χ4v) is 12.5. The number of nitrogens with zero attached hydrogens (tertiary/aromatic N) is 5. The quantitative estimate of drug-likeness (QED) is 0.149. The summed E-state index contributed by atoms with van der Waals surface area (Å²) in [7, 11) is 0. The molecule has 350 valence electrons. The van der Waals surface area contributed by atoms with E-state index in [4.69, 9.17) is 15.0 Å². The SMILES string of the molecule is Cc1cccc(C)c1-c1ccc2c(c1)c1cc(-c3c(C)cccc3C)cc3c1n2B1c2ccccc2N(c2ccccc2)c2cc(-c4cccc(-c5nc(-c6ccccc6)nc(-c6ccccc6)n5)c4)c(C)c-3c21. The normalized spacial score (nSPS) is 12.3. The highest BCUT2D eigenvalue weighted by atomic mass is 15.2. The first-order valence-electron chi connectivity index (χ1n) is 25.6. The first kappa shape index (κ1) is 43.6. The molecule has 6 heteroatoms. The van der Waals surface area contributed by atoms with Gasteiger partial charge in [-0.2, -0.15) is 0 Å². The number of para-hydroxylation sites is 2. The van der Waals surface area contributed by atoms with E-state index < -0.39 is 0 Å². The van der Waals surface area contributed by atoms with Crippen LogP contribution in [0.25, 0.3) is 100 Å². The minimum absolute atomic E-state index is 0.0992. The summed E-state index contributed by atoms with van der Waals surface area (Å²) in [6, 6.07) is 77.2. The fraction of sp³-hybridized carbons (Fsp3) is 0.0735. The van der Waals surface area contributed by atoms with Gasteiger partial charge in [0.05, 0.1) is 0 Å². The van der Waals surface area contributed by atoms with Crippen LogP contribution in [0.1, 0.15) is 27.8 Å². The van der Waals surface area contributed by atoms with Gasteiger partial charge in [-0.05, 0) is 167 Å². The molecule has 14 rings (SSSR count). The zero-order chi connectivity index (χ0) is 49.8. The van der Waals surface area contributed by atoms with E-state index in [2.05, 4.69) is 220 Å². The molecule has 0 radical (unpaired) electrons. The van der Waals surface area contributed by atoms with E-state index in [1.165, 1.54) is 105 Å². The molecule has 4 heterocycles. The number of anilines is 3. The Bertz CT molecular complexity index is 4160. The lowest BCUT2D eigenvalue weighted by Gasteiger charge is -2.41. The van der Waals surface area contributed by atoms with Crippen LogP contribution in [0.5, 0.6) is 0 Å². The lowest BCUT2D eigenvalue weighted by Crippen LogP contribution is -2.56. The van der Waals surface area contributed by atoms with Crippen LogP contribution >= 0.6 is 0 Å². The molecule has 5 nitrogen and oxygen atoms in total. The van der Waals surface area contributed by atoms with Crippen LogP contribution in [-0.2, 0) is 0 Å². The van der Waals surface area contributed by atoms with E-state index in [-0.39, 0.29) is 6.85 Å². The second kappa shape index (κ2) is 17.0. The molecular weight excluding hydrogens is 898 g/mol. The Kier molecular flexibility index (Phi) is 10.0. The third kappa shape index (κ3) is 6.75. The van der Waals surface area contributed by atoms with Crippen molar-refractivity contribution in [2.45, 2.75) is 34.6 Å². The monoisotopic (exact) mass is 947 g/mol. The number of aryl methyl sites for hydroxylation is 4. The lowest BCUT2D eigenvalue weighted by atomic mass is 9.44. The predicted octanol–water partition coefficient (Wildman–Crippen LogP) is 15.9. The third-order valence-corrected chi connectivity index (χ3v) is 15.7. The van der Waals surface area contributed by atoms with E-state index in [9.17, 15) is 0 Å². The van der Waals surface area contributed by atoms with Crippen LogP contribution in [0.4, 0.5) is 17.1 Å². The molecule has 0 bridgehead atoms. The maximum atomic E-state index is 5.18. The number of hydrogen-bond acceptors (Lipinski definition) is 4. The Balaban J connectivity index is 1.08. The lowest BCUT2D eigenvalue weighted by molar-refractivity contribution is 1.07. The van der Waals surface area contributed by atoms with Gasteiger partial charge in [-0.15, -0.1) is 0 Å². The predicted molar refractivity (Wildman–Crippen MR) is 310 cm³/mol. The zero-order valence-electron chi connectivity index (χ0n) is 42.0. The molecule has 0 N–H and O–H groups in total. The van der Waals surface area contributed by atoms with Gasteiger partial charge in [0.2, 0.25) is 0 Å². The molecule has 0 atom stereocenters. The van der Waals surface area contributed by atoms with Crippen molar-refractivity contribution < 1.29 is 0 Å². The van der Waals surface area contributed by atoms with Crippen LogP contribution in [-0.4, -0.2) is 26.3 Å². The standard InChI is InChI=1S/C68H50BN5/c1-41-20-17-21-42(2)61(41)49-34-35-58-54(37-49)55-38-51(62-43(3)22-18-23-44(62)4)39-56-63-45(5)53(40-60-64(63)69(74(58)65(55)56)57-32-15-16-33-59(57)73(60)52-30-13-8-14-31-52)48-28-19-29-50(36-48)68-71-66(46-24-9-6-10-25-46)70-67(72-68)47-26-11-7-12-27-47/h6-40H,1-5H3. The van der Waals surface area contributed by atoms with E-state index >= 15 is 0 Å². The Morgan fingerprint density at radius 1 is 0.365 bits per heavy atom. The van der Waals surface area contributed by atoms with Gasteiger partial charge in [-0.3, -0.25) is 0 Å². The van der Waals surface area contributed by atoms with Crippen molar-refractivity contribution >= 4 is 56.6 Å². The van der Waals surface area contributed by atoms with Crippen molar-refractivity contribution in [2.24, 2.45) is 0 Å². The van der Waals surface area contributed by atoms with Gasteiger partial charge in [-0.1, -0.05) is 158 Å². The molecule has 0 saturated carbocycles. The van der Waals surface area contributed by atoms with Gasteiger partial charge in [0.25, 0.3) is 0 Å². The van der Waals surface area contributed by atoms with Crippen molar-refractivity contribution in [2.75, 3.05) is 4.90 Å². The molecule has 0 aliphatic carbocycles. The first-order chi connectivity index (χ1) is 36.3. The van der Waals surface area contributed by atoms with Gasteiger partial charge in [-0.25, -0.2) is 15.0 Å². The highest BCUT2D eigenvalue weighted by molar-refractivity contribution is 6.90. The van der Waals surface area contributed by atoms with Gasteiger partial charge < -0.3 is 9.38 Å². The van der Waals surface area contributed by atoms with E-state index in [1.807, 2.05) is 36.4 Å². The minimum Gasteiger partial charge on any atom is -0.375 e. The minimum atomic E-state index is -0.0992. The van der Waals surface area contributed by atoms with E-state index in [1.54, 1.807) is 0 Å². The Morgan fingerprint density at radius 2 is 0.892 bits per heavy atom. The van der Waals surface area contributed by atoms with Crippen molar-refractivity contribution in [1.29, 1.82) is 0 Å². The van der Waals surface area contributed by atoms with Crippen LogP contribution in [0.2, 0.25) is 0 Å². The van der Waals surface area contributed by atoms with Crippen LogP contribution in [0.15, 0.2) is 212 Å². The molecule has 2 aromatic heterocycles. The summed E-state index contributed by atoms with van der Waals surface area (Å²) in [6.45, 7) is 11.2. The molecule has 0 spiro atoms. The third-order valence-electron chi connectivity index (χ3n) is 15.7. The average Bonchev–Trinajstić information content (AvgIpc) is 3.79. The van der Waals surface area contributed by atoms with Crippen molar-refractivity contribution in [3.05, 3.63) is 240 Å². The summed E-state index contributed by atoms with van der Waals surface area (Å²) in [5, 5.41) is 2.53. The van der Waals surface area contributed by atoms with Crippen molar-refractivity contribution in [1.82, 2.24) is 19.4 Å². The molecule has 2 aliphatic rings. The van der Waals surface area contributed by atoms with Crippen LogP contribution < -0.4 is 15.8 Å². The summed E-state index contributed by atoms with van der Waals surface area (Å²) in [4.78, 5) is 17.9. The Hall–Kier alpha value is -9.13. The molecule has 0 fully saturated rings. The van der Waals surface area contributed by atoms with Crippen LogP contribution in [0.3, 0.4) is 0 Å². The smallest absolute Gasteiger partial charge is 0.333 e. The summed E-state index contributed by atoms with van der Waals surface area (Å²) >= 11 is 0. The number of fused-ring (bicyclic) bond motifs is 7. The molecule has 0 amide bonds. The van der Waals surface area contributed by atoms with Gasteiger partial charge in [0.1, 0.15) is 0 Å². The molecule has 10 aromatic carbocycles. The number of hydrogen-bond donors (Lipinski definition) is 0. The molecular formula is C68H50BN5. The second-order valence-electron chi connectivity index (χ2n) is 20.2. The van der Waals surface area contributed by atoms with Gasteiger partial charge >= 0.3 is 6.85 Å². The molecule has 74 heavy (non-hydrogen) atoms. The molecule has 0 saturated heterocycles. The second-order valence-corrected chi connectivity index (χ2v) is 20.2. The summed E-state index contributed by atoms with van der Waals surface area (Å²) < 4.78 is 2.69. The number of rotatable bonds is 7. The number of aromatic nitrogens is 4. The molecule has 2 aliphatic heterocycles. The largest absolute Gasteiger partial charge is 0.375 e. The highest BCUT2D eigenvalue weighted by Crippen LogP contribution is 2.50. The number of benzene rings is 10. The van der Waals surface area contributed by atoms with Gasteiger partial charge in [0.15, 0.2) is 17.5 Å². The Labute approximate surface area is 432 Å². The van der Waals surface area contributed by atoms with E-state index in [0.717, 1.165) is 33.5 Å². The molecule has 0 unspecified atom stereocenters.